The smallest absolute Gasteiger partial charge is 0.194 e. The van der Waals surface area contributed by atoms with Gasteiger partial charge in [-0.15, -0.1) is 0 Å². The molecular weight excluding hydrogens is 306 g/mol. The van der Waals surface area contributed by atoms with Crippen LogP contribution in [0.4, 0.5) is 5.69 Å². The molecule has 0 unspecified atom stereocenters. The fourth-order valence-corrected chi connectivity index (χ4v) is 2.32. The van der Waals surface area contributed by atoms with E-state index in [1.54, 1.807) is 37.4 Å². The molecule has 19 heavy (non-hydrogen) atoms. The van der Waals surface area contributed by atoms with Gasteiger partial charge in [0.15, 0.2) is 5.78 Å². The fourth-order valence-electron chi connectivity index (χ4n) is 1.89. The standard InChI is InChI=1S/C15H14BrNO2/c1-9-7-10(3-6-14(9)19-2)15(18)12-8-11(17)4-5-13(12)16/h3-8H,17H2,1-2H3. The van der Waals surface area contributed by atoms with Crippen LogP contribution < -0.4 is 10.5 Å². The van der Waals surface area contributed by atoms with Crippen LogP contribution in [0.2, 0.25) is 0 Å². The zero-order chi connectivity index (χ0) is 14.0. The van der Waals surface area contributed by atoms with E-state index in [0.717, 1.165) is 15.8 Å². The lowest BCUT2D eigenvalue weighted by Crippen LogP contribution is -2.04. The Bertz CT molecular complexity index is 638. The first kappa shape index (κ1) is 13.6. The Hall–Kier alpha value is -1.81. The maximum Gasteiger partial charge on any atom is 0.194 e. The summed E-state index contributed by atoms with van der Waals surface area (Å²) >= 11 is 3.37. The summed E-state index contributed by atoms with van der Waals surface area (Å²) in [5, 5.41) is 0. The van der Waals surface area contributed by atoms with Crippen LogP contribution in [-0.2, 0) is 0 Å². The number of methoxy groups -OCH3 is 1. The number of aryl methyl sites for hydroxylation is 1. The van der Waals surface area contributed by atoms with Gasteiger partial charge in [0.1, 0.15) is 5.75 Å². The van der Waals surface area contributed by atoms with Gasteiger partial charge in [-0.25, -0.2) is 0 Å². The van der Waals surface area contributed by atoms with E-state index in [4.69, 9.17) is 10.5 Å². The lowest BCUT2D eigenvalue weighted by atomic mass is 10.0. The van der Waals surface area contributed by atoms with Crippen LogP contribution in [-0.4, -0.2) is 12.9 Å². The van der Waals surface area contributed by atoms with Crippen molar-refractivity contribution in [3.05, 3.63) is 57.6 Å². The SMILES string of the molecule is COc1ccc(C(=O)c2cc(N)ccc2Br)cc1C. The van der Waals surface area contributed by atoms with Crippen LogP contribution in [0, 0.1) is 6.92 Å². The molecule has 0 heterocycles. The number of carbonyl (C=O) groups is 1. The summed E-state index contributed by atoms with van der Waals surface area (Å²) in [5.41, 5.74) is 8.39. The quantitative estimate of drug-likeness (QED) is 0.695. The monoisotopic (exact) mass is 319 g/mol. The van der Waals surface area contributed by atoms with Crippen LogP contribution in [0.25, 0.3) is 0 Å². The van der Waals surface area contributed by atoms with E-state index in [0.29, 0.717) is 16.8 Å². The van der Waals surface area contributed by atoms with E-state index in [-0.39, 0.29) is 5.78 Å². The van der Waals surface area contributed by atoms with Crippen molar-refractivity contribution in [2.24, 2.45) is 0 Å². The van der Waals surface area contributed by atoms with Gasteiger partial charge in [0.2, 0.25) is 0 Å². The molecule has 2 aromatic carbocycles. The predicted molar refractivity (Wildman–Crippen MR) is 79.7 cm³/mol. The first-order chi connectivity index (χ1) is 9.02. The van der Waals surface area contributed by atoms with E-state index >= 15 is 0 Å². The number of nitrogens with two attached hydrogens (primary N) is 1. The Morgan fingerprint density at radius 1 is 1.21 bits per heavy atom. The maximum absolute atomic E-state index is 12.4. The summed E-state index contributed by atoms with van der Waals surface area (Å²) in [5.74, 6) is 0.702. The lowest BCUT2D eigenvalue weighted by molar-refractivity contribution is 0.103. The Labute approximate surface area is 120 Å². The molecule has 0 amide bonds. The predicted octanol–water partition coefficient (Wildman–Crippen LogP) is 3.58. The summed E-state index contributed by atoms with van der Waals surface area (Å²) in [6.45, 7) is 1.91. The molecule has 2 aromatic rings. The summed E-state index contributed by atoms with van der Waals surface area (Å²) in [4.78, 5) is 12.4. The third-order valence-electron chi connectivity index (χ3n) is 2.89. The van der Waals surface area contributed by atoms with E-state index < -0.39 is 0 Å². The molecule has 2 N–H and O–H groups in total. The van der Waals surface area contributed by atoms with E-state index in [1.165, 1.54) is 0 Å². The van der Waals surface area contributed by atoms with Crippen molar-refractivity contribution in [3.63, 3.8) is 0 Å². The van der Waals surface area contributed by atoms with Crippen molar-refractivity contribution in [2.45, 2.75) is 6.92 Å². The Morgan fingerprint density at radius 2 is 1.95 bits per heavy atom. The highest BCUT2D eigenvalue weighted by Gasteiger charge is 2.14. The zero-order valence-electron chi connectivity index (χ0n) is 10.7. The summed E-state index contributed by atoms with van der Waals surface area (Å²) in [7, 11) is 1.61. The zero-order valence-corrected chi connectivity index (χ0v) is 12.3. The minimum atomic E-state index is -0.0649. The minimum absolute atomic E-state index is 0.0649. The normalized spacial score (nSPS) is 10.3. The van der Waals surface area contributed by atoms with Crippen LogP contribution in [0.15, 0.2) is 40.9 Å². The number of hydrogen-bond acceptors (Lipinski definition) is 3. The fraction of sp³-hybridized carbons (Fsp3) is 0.133. The summed E-state index contributed by atoms with van der Waals surface area (Å²) in [6.07, 6.45) is 0. The number of nitrogen functional groups attached to an aromatic ring is 1. The number of ketones is 1. The van der Waals surface area contributed by atoms with E-state index in [9.17, 15) is 4.79 Å². The van der Waals surface area contributed by atoms with Crippen LogP contribution in [0.5, 0.6) is 5.75 Å². The van der Waals surface area contributed by atoms with Gasteiger partial charge in [0.05, 0.1) is 7.11 Å². The summed E-state index contributed by atoms with van der Waals surface area (Å²) < 4.78 is 5.92. The number of rotatable bonds is 3. The third kappa shape index (κ3) is 2.79. The van der Waals surface area contributed by atoms with Gasteiger partial charge in [0, 0.05) is 21.3 Å². The van der Waals surface area contributed by atoms with Gasteiger partial charge < -0.3 is 10.5 Å². The number of carbonyl (C=O) groups excluding carboxylic acids is 1. The van der Waals surface area contributed by atoms with E-state index in [2.05, 4.69) is 15.9 Å². The van der Waals surface area contributed by atoms with Crippen molar-refractivity contribution >= 4 is 27.4 Å². The number of ether oxygens (including phenoxy) is 1. The van der Waals surface area contributed by atoms with Crippen LogP contribution in [0.3, 0.4) is 0 Å². The van der Waals surface area contributed by atoms with Crippen LogP contribution in [0.1, 0.15) is 21.5 Å². The second-order valence-electron chi connectivity index (χ2n) is 4.25. The molecule has 98 valence electrons. The molecule has 0 fully saturated rings. The van der Waals surface area contributed by atoms with Crippen molar-refractivity contribution in [1.82, 2.24) is 0 Å². The molecule has 0 aromatic heterocycles. The maximum atomic E-state index is 12.4. The first-order valence-electron chi connectivity index (χ1n) is 5.77. The molecular formula is C15H14BrNO2. The van der Waals surface area contributed by atoms with Crippen molar-refractivity contribution in [2.75, 3.05) is 12.8 Å². The largest absolute Gasteiger partial charge is 0.496 e. The third-order valence-corrected chi connectivity index (χ3v) is 3.58. The lowest BCUT2D eigenvalue weighted by Gasteiger charge is -2.08. The average molecular weight is 320 g/mol. The molecule has 0 bridgehead atoms. The highest BCUT2D eigenvalue weighted by Crippen LogP contribution is 2.25. The van der Waals surface area contributed by atoms with Gasteiger partial charge in [0.25, 0.3) is 0 Å². The molecule has 0 aliphatic carbocycles. The molecule has 0 radical (unpaired) electrons. The Morgan fingerprint density at radius 3 is 2.58 bits per heavy atom. The van der Waals surface area contributed by atoms with Crippen molar-refractivity contribution < 1.29 is 9.53 Å². The molecule has 3 nitrogen and oxygen atoms in total. The Kier molecular flexibility index (Phi) is 3.90. The van der Waals surface area contributed by atoms with Gasteiger partial charge in [-0.05, 0) is 48.9 Å². The second-order valence-corrected chi connectivity index (χ2v) is 5.11. The average Bonchev–Trinajstić information content (AvgIpc) is 2.40. The molecule has 4 heteroatoms. The van der Waals surface area contributed by atoms with Gasteiger partial charge in [-0.1, -0.05) is 15.9 Å². The first-order valence-corrected chi connectivity index (χ1v) is 6.56. The number of benzene rings is 2. The van der Waals surface area contributed by atoms with E-state index in [1.807, 2.05) is 13.0 Å². The molecule has 0 aliphatic rings. The topological polar surface area (TPSA) is 52.3 Å². The highest BCUT2D eigenvalue weighted by atomic mass is 79.9. The molecule has 0 spiro atoms. The second kappa shape index (κ2) is 5.45. The molecule has 2 rings (SSSR count). The Balaban J connectivity index is 2.44. The van der Waals surface area contributed by atoms with Crippen molar-refractivity contribution in [3.8, 4) is 5.75 Å². The molecule has 0 aliphatic heterocycles. The van der Waals surface area contributed by atoms with Gasteiger partial charge >= 0.3 is 0 Å². The number of anilines is 1. The van der Waals surface area contributed by atoms with Gasteiger partial charge in [-0.3, -0.25) is 4.79 Å². The van der Waals surface area contributed by atoms with Crippen molar-refractivity contribution in [1.29, 1.82) is 0 Å². The minimum Gasteiger partial charge on any atom is -0.496 e. The number of hydrogen-bond donors (Lipinski definition) is 1. The highest BCUT2D eigenvalue weighted by molar-refractivity contribution is 9.10. The van der Waals surface area contributed by atoms with Gasteiger partial charge in [-0.2, -0.15) is 0 Å². The molecule has 0 atom stereocenters. The molecule has 0 saturated carbocycles. The van der Waals surface area contributed by atoms with Crippen LogP contribution >= 0.6 is 15.9 Å². The molecule has 0 saturated heterocycles. The summed E-state index contributed by atoms with van der Waals surface area (Å²) in [6, 6.07) is 10.6. The number of halogens is 1.